The molecule has 1 fully saturated rings. The predicted molar refractivity (Wildman–Crippen MR) is 99.5 cm³/mol. The van der Waals surface area contributed by atoms with Crippen molar-refractivity contribution in [1.29, 1.82) is 0 Å². The summed E-state index contributed by atoms with van der Waals surface area (Å²) in [6.07, 6.45) is 5.12. The normalized spacial score (nSPS) is 15.3. The van der Waals surface area contributed by atoms with Gasteiger partial charge >= 0.3 is 0 Å². The second-order valence-corrected chi connectivity index (χ2v) is 6.64. The fraction of sp³-hybridized carbons (Fsp3) is 0.300. The van der Waals surface area contributed by atoms with Crippen molar-refractivity contribution in [2.45, 2.75) is 18.9 Å². The van der Waals surface area contributed by atoms with Crippen molar-refractivity contribution in [3.8, 4) is 5.75 Å². The molecular weight excluding hydrogens is 330 g/mol. The zero-order chi connectivity index (χ0) is 18.1. The monoisotopic (exact) mass is 351 g/mol. The van der Waals surface area contributed by atoms with E-state index in [4.69, 9.17) is 4.74 Å². The average molecular weight is 351 g/mol. The molecule has 1 N–H and O–H groups in total. The number of fused-ring (bicyclic) bond motifs is 1. The fourth-order valence-electron chi connectivity index (χ4n) is 3.45. The molecule has 0 atom stereocenters. The molecule has 1 aliphatic heterocycles. The molecule has 1 amide bonds. The SMILES string of the molecule is Cn1cccc(C(=O)N2CCC(Oc3cccc4[nH]ccc34)CC2)c1=O. The van der Waals surface area contributed by atoms with Gasteiger partial charge in [-0.3, -0.25) is 9.59 Å². The molecule has 6 heteroatoms. The second kappa shape index (κ2) is 6.71. The Morgan fingerprint density at radius 3 is 2.77 bits per heavy atom. The Bertz CT molecular complexity index is 997. The first kappa shape index (κ1) is 16.4. The molecule has 0 saturated carbocycles. The number of nitrogens with one attached hydrogen (secondary N) is 1. The van der Waals surface area contributed by atoms with Crippen LogP contribution in [0.1, 0.15) is 23.2 Å². The largest absolute Gasteiger partial charge is 0.490 e. The Balaban J connectivity index is 1.43. The first-order valence-corrected chi connectivity index (χ1v) is 8.81. The Kier molecular flexibility index (Phi) is 4.24. The number of ether oxygens (including phenoxy) is 1. The summed E-state index contributed by atoms with van der Waals surface area (Å²) < 4.78 is 7.61. The molecule has 0 bridgehead atoms. The van der Waals surface area contributed by atoms with Gasteiger partial charge in [0.15, 0.2) is 0 Å². The van der Waals surface area contributed by atoms with Gasteiger partial charge in [0.1, 0.15) is 17.4 Å². The molecule has 3 aromatic rings. The number of carbonyl (C=O) groups excluding carboxylic acids is 1. The standard InChI is InChI=1S/C20H21N3O3/c1-22-11-3-4-16(19(22)24)20(25)23-12-8-14(9-13-23)26-18-6-2-5-17-15(18)7-10-21-17/h2-7,10-11,14,21H,8-9,12-13H2,1H3. The van der Waals surface area contributed by atoms with Crippen LogP contribution >= 0.6 is 0 Å². The van der Waals surface area contributed by atoms with Gasteiger partial charge in [-0.05, 0) is 30.3 Å². The van der Waals surface area contributed by atoms with E-state index in [9.17, 15) is 9.59 Å². The van der Waals surface area contributed by atoms with Crippen LogP contribution in [-0.2, 0) is 7.05 Å². The molecule has 2 aromatic heterocycles. The number of H-pyrrole nitrogens is 1. The van der Waals surface area contributed by atoms with Gasteiger partial charge in [0.05, 0.1) is 0 Å². The summed E-state index contributed by atoms with van der Waals surface area (Å²) >= 11 is 0. The van der Waals surface area contributed by atoms with E-state index >= 15 is 0 Å². The van der Waals surface area contributed by atoms with Crippen molar-refractivity contribution < 1.29 is 9.53 Å². The number of aromatic amines is 1. The van der Waals surface area contributed by atoms with Gasteiger partial charge in [0.2, 0.25) is 0 Å². The highest BCUT2D eigenvalue weighted by molar-refractivity contribution is 5.93. The van der Waals surface area contributed by atoms with Crippen LogP contribution in [0.4, 0.5) is 0 Å². The number of aryl methyl sites for hydroxylation is 1. The minimum absolute atomic E-state index is 0.0677. The number of nitrogens with zero attached hydrogens (tertiary/aromatic N) is 2. The number of hydrogen-bond acceptors (Lipinski definition) is 3. The predicted octanol–water partition coefficient (Wildman–Crippen LogP) is 2.55. The van der Waals surface area contributed by atoms with Crippen molar-refractivity contribution in [2.75, 3.05) is 13.1 Å². The van der Waals surface area contributed by atoms with E-state index < -0.39 is 0 Å². The third-order valence-electron chi connectivity index (χ3n) is 4.93. The second-order valence-electron chi connectivity index (χ2n) is 6.64. The fourth-order valence-corrected chi connectivity index (χ4v) is 3.45. The molecule has 0 unspecified atom stereocenters. The molecule has 0 spiro atoms. The first-order chi connectivity index (χ1) is 12.6. The smallest absolute Gasteiger partial charge is 0.263 e. The van der Waals surface area contributed by atoms with E-state index in [1.165, 1.54) is 4.57 Å². The number of amides is 1. The van der Waals surface area contributed by atoms with Crippen LogP contribution in [0.3, 0.4) is 0 Å². The lowest BCUT2D eigenvalue weighted by atomic mass is 10.1. The molecule has 1 aromatic carbocycles. The molecule has 1 saturated heterocycles. The Hall–Kier alpha value is -3.02. The van der Waals surface area contributed by atoms with Gasteiger partial charge in [0.25, 0.3) is 11.5 Å². The van der Waals surface area contributed by atoms with Crippen molar-refractivity contribution >= 4 is 16.8 Å². The number of pyridine rings is 1. The molecule has 0 radical (unpaired) electrons. The van der Waals surface area contributed by atoms with E-state index in [0.717, 1.165) is 29.5 Å². The number of aromatic nitrogens is 2. The lowest BCUT2D eigenvalue weighted by molar-refractivity contribution is 0.0596. The lowest BCUT2D eigenvalue weighted by Gasteiger charge is -2.32. The summed E-state index contributed by atoms with van der Waals surface area (Å²) in [6.45, 7) is 1.18. The van der Waals surface area contributed by atoms with E-state index in [1.54, 1.807) is 30.3 Å². The van der Waals surface area contributed by atoms with Crippen LogP contribution in [-0.4, -0.2) is 39.6 Å². The van der Waals surface area contributed by atoms with Gasteiger partial charge in [0, 0.05) is 56.3 Å². The van der Waals surface area contributed by atoms with E-state index in [2.05, 4.69) is 4.98 Å². The zero-order valence-corrected chi connectivity index (χ0v) is 14.6. The summed E-state index contributed by atoms with van der Waals surface area (Å²) in [5.74, 6) is 0.669. The van der Waals surface area contributed by atoms with Crippen molar-refractivity contribution in [3.63, 3.8) is 0 Å². The summed E-state index contributed by atoms with van der Waals surface area (Å²) in [6, 6.07) is 11.3. The van der Waals surface area contributed by atoms with Crippen LogP contribution in [0.2, 0.25) is 0 Å². The third kappa shape index (κ3) is 2.98. The molecule has 3 heterocycles. The van der Waals surface area contributed by atoms with Crippen LogP contribution in [0.25, 0.3) is 10.9 Å². The molecular formula is C20H21N3O3. The minimum Gasteiger partial charge on any atom is -0.490 e. The minimum atomic E-state index is -0.255. The van der Waals surface area contributed by atoms with Crippen LogP contribution in [0, 0.1) is 0 Å². The number of carbonyl (C=O) groups is 1. The maximum absolute atomic E-state index is 12.6. The molecule has 26 heavy (non-hydrogen) atoms. The number of hydrogen-bond donors (Lipinski definition) is 1. The highest BCUT2D eigenvalue weighted by atomic mass is 16.5. The van der Waals surface area contributed by atoms with Gasteiger partial charge in [-0.25, -0.2) is 0 Å². The summed E-state index contributed by atoms with van der Waals surface area (Å²) in [5, 5.41) is 1.07. The lowest BCUT2D eigenvalue weighted by Crippen LogP contribution is -2.43. The molecule has 6 nitrogen and oxygen atoms in total. The van der Waals surface area contributed by atoms with E-state index in [0.29, 0.717) is 13.1 Å². The first-order valence-electron chi connectivity index (χ1n) is 8.81. The number of benzene rings is 1. The number of likely N-dealkylation sites (tertiary alicyclic amines) is 1. The molecule has 4 rings (SSSR count). The van der Waals surface area contributed by atoms with Gasteiger partial charge in [-0.1, -0.05) is 6.07 Å². The Morgan fingerprint density at radius 2 is 1.96 bits per heavy atom. The maximum Gasteiger partial charge on any atom is 0.263 e. The molecule has 134 valence electrons. The van der Waals surface area contributed by atoms with Crippen LogP contribution in [0.15, 0.2) is 53.6 Å². The van der Waals surface area contributed by atoms with Gasteiger partial charge in [-0.15, -0.1) is 0 Å². The molecule has 0 aliphatic carbocycles. The Labute approximate surface area is 151 Å². The summed E-state index contributed by atoms with van der Waals surface area (Å²) in [4.78, 5) is 29.7. The Morgan fingerprint density at radius 1 is 1.15 bits per heavy atom. The number of piperidine rings is 1. The topological polar surface area (TPSA) is 67.3 Å². The number of rotatable bonds is 3. The van der Waals surface area contributed by atoms with Crippen molar-refractivity contribution in [1.82, 2.24) is 14.5 Å². The van der Waals surface area contributed by atoms with Crippen molar-refractivity contribution in [2.24, 2.45) is 7.05 Å². The third-order valence-corrected chi connectivity index (χ3v) is 4.93. The highest BCUT2D eigenvalue weighted by Crippen LogP contribution is 2.27. The van der Waals surface area contributed by atoms with E-state index in [1.807, 2.05) is 30.5 Å². The highest BCUT2D eigenvalue weighted by Gasteiger charge is 2.26. The quantitative estimate of drug-likeness (QED) is 0.788. The summed E-state index contributed by atoms with van der Waals surface area (Å²) in [5.41, 5.74) is 1.02. The van der Waals surface area contributed by atoms with E-state index in [-0.39, 0.29) is 23.1 Å². The average Bonchev–Trinajstić information content (AvgIpc) is 3.14. The van der Waals surface area contributed by atoms with Crippen molar-refractivity contribution in [3.05, 3.63) is 64.7 Å². The maximum atomic E-state index is 12.6. The van der Waals surface area contributed by atoms with Crippen LogP contribution < -0.4 is 10.3 Å². The molecule has 1 aliphatic rings. The van der Waals surface area contributed by atoms with Gasteiger partial charge in [-0.2, -0.15) is 0 Å². The summed E-state index contributed by atoms with van der Waals surface area (Å²) in [7, 11) is 1.65. The van der Waals surface area contributed by atoms with Gasteiger partial charge < -0.3 is 19.2 Å². The van der Waals surface area contributed by atoms with Crippen LogP contribution in [0.5, 0.6) is 5.75 Å². The zero-order valence-electron chi connectivity index (χ0n) is 14.6.